The quantitative estimate of drug-likeness (QED) is 0.540. The Morgan fingerprint density at radius 3 is 2.43 bits per heavy atom. The van der Waals surface area contributed by atoms with Crippen molar-refractivity contribution in [3.63, 3.8) is 0 Å². The molecular formula is C8H10IN5. The van der Waals surface area contributed by atoms with E-state index >= 15 is 0 Å². The zero-order chi connectivity index (χ0) is 10.2. The van der Waals surface area contributed by atoms with Gasteiger partial charge in [-0.1, -0.05) is 12.1 Å². The van der Waals surface area contributed by atoms with Gasteiger partial charge in [-0.05, 0) is 34.7 Å². The van der Waals surface area contributed by atoms with Gasteiger partial charge in [-0.15, -0.1) is 0 Å². The van der Waals surface area contributed by atoms with Crippen LogP contribution in [0.1, 0.15) is 5.56 Å². The highest BCUT2D eigenvalue weighted by molar-refractivity contribution is 14.1. The molecule has 1 aliphatic rings. The number of benzene rings is 1. The zero-order valence-corrected chi connectivity index (χ0v) is 9.45. The average Bonchev–Trinajstić information content (AvgIpc) is 2.48. The summed E-state index contributed by atoms with van der Waals surface area (Å²) in [7, 11) is 0. The fourth-order valence-electron chi connectivity index (χ4n) is 1.25. The lowest BCUT2D eigenvalue weighted by atomic mass is 10.1. The second kappa shape index (κ2) is 3.37. The second-order valence-electron chi connectivity index (χ2n) is 3.02. The summed E-state index contributed by atoms with van der Waals surface area (Å²) in [5.74, 6) is -0.653. The summed E-state index contributed by atoms with van der Waals surface area (Å²) in [6, 6.07) is 7.77. The van der Waals surface area contributed by atoms with Crippen LogP contribution in [0.5, 0.6) is 0 Å². The molecule has 0 bridgehead atoms. The summed E-state index contributed by atoms with van der Waals surface area (Å²) in [4.78, 5) is 4.07. The summed E-state index contributed by atoms with van der Waals surface area (Å²) < 4.78 is 1.15. The van der Waals surface area contributed by atoms with Gasteiger partial charge in [0.25, 0.3) is 0 Å². The smallest absolute Gasteiger partial charge is 0.209 e. The molecule has 0 saturated heterocycles. The second-order valence-corrected chi connectivity index (χ2v) is 4.27. The summed E-state index contributed by atoms with van der Waals surface area (Å²) in [6.07, 6.45) is 0. The van der Waals surface area contributed by atoms with Gasteiger partial charge in [-0.2, -0.15) is 5.43 Å². The molecule has 1 aromatic carbocycles. The lowest BCUT2D eigenvalue weighted by molar-refractivity contribution is 0.375. The molecule has 0 aromatic heterocycles. The van der Waals surface area contributed by atoms with Crippen molar-refractivity contribution >= 4 is 28.6 Å². The topological polar surface area (TPSA) is 88.5 Å². The number of hydrogen-bond acceptors (Lipinski definition) is 5. The Labute approximate surface area is 95.1 Å². The lowest BCUT2D eigenvalue weighted by Gasteiger charge is -2.20. The molecule has 2 rings (SSSR count). The maximum atomic E-state index is 5.98. The molecular weight excluding hydrogens is 293 g/mol. The van der Waals surface area contributed by atoms with Crippen molar-refractivity contribution in [3.8, 4) is 0 Å². The predicted octanol–water partition coefficient (Wildman–Crippen LogP) is -0.217. The van der Waals surface area contributed by atoms with Crippen LogP contribution in [0.3, 0.4) is 0 Å². The van der Waals surface area contributed by atoms with Gasteiger partial charge in [0.1, 0.15) is 0 Å². The van der Waals surface area contributed by atoms with Crippen molar-refractivity contribution in [3.05, 3.63) is 33.4 Å². The van der Waals surface area contributed by atoms with E-state index in [0.717, 1.165) is 9.13 Å². The van der Waals surface area contributed by atoms with Crippen LogP contribution in [-0.2, 0) is 5.79 Å². The number of nitrogens with zero attached hydrogens (tertiary/aromatic N) is 1. The number of nitrogens with one attached hydrogen (secondary N) is 2. The molecule has 0 amide bonds. The van der Waals surface area contributed by atoms with E-state index in [1.54, 1.807) is 0 Å². The van der Waals surface area contributed by atoms with Crippen molar-refractivity contribution in [2.75, 3.05) is 0 Å². The van der Waals surface area contributed by atoms with Gasteiger partial charge in [0.05, 0.1) is 0 Å². The van der Waals surface area contributed by atoms with E-state index < -0.39 is 5.79 Å². The Balaban J connectivity index is 2.35. The third-order valence-electron chi connectivity index (χ3n) is 1.96. The normalized spacial score (nSPS) is 25.7. The third-order valence-corrected chi connectivity index (χ3v) is 2.68. The molecule has 6 N–H and O–H groups in total. The molecule has 0 saturated carbocycles. The molecule has 1 aliphatic heterocycles. The number of hydrazine groups is 1. The maximum absolute atomic E-state index is 5.98. The Morgan fingerprint density at radius 2 is 1.93 bits per heavy atom. The number of halogens is 1. The molecule has 5 nitrogen and oxygen atoms in total. The van der Waals surface area contributed by atoms with Crippen LogP contribution < -0.4 is 22.3 Å². The Kier molecular flexibility index (Phi) is 2.33. The van der Waals surface area contributed by atoms with Crippen LogP contribution in [0.2, 0.25) is 0 Å². The van der Waals surface area contributed by atoms with E-state index in [1.165, 1.54) is 0 Å². The minimum Gasteiger partial charge on any atom is -0.369 e. The fourth-order valence-corrected chi connectivity index (χ4v) is 1.61. The molecule has 0 fully saturated rings. The third kappa shape index (κ3) is 1.68. The van der Waals surface area contributed by atoms with E-state index in [-0.39, 0.29) is 0 Å². The molecule has 0 radical (unpaired) electrons. The van der Waals surface area contributed by atoms with Crippen LogP contribution in [-0.4, -0.2) is 5.96 Å². The molecule has 1 atom stereocenters. The first-order valence-corrected chi connectivity index (χ1v) is 5.11. The molecule has 1 aromatic rings. The molecule has 1 unspecified atom stereocenters. The number of guanidine groups is 1. The van der Waals surface area contributed by atoms with Gasteiger partial charge < -0.3 is 5.73 Å². The van der Waals surface area contributed by atoms with Crippen molar-refractivity contribution in [1.82, 2.24) is 10.9 Å². The summed E-state index contributed by atoms with van der Waals surface area (Å²) in [5, 5.41) is 0. The molecule has 0 aliphatic carbocycles. The van der Waals surface area contributed by atoms with E-state index in [0.29, 0.717) is 5.96 Å². The van der Waals surface area contributed by atoms with Gasteiger partial charge in [0.15, 0.2) is 0 Å². The van der Waals surface area contributed by atoms with Crippen molar-refractivity contribution in [1.29, 1.82) is 0 Å². The molecule has 0 spiro atoms. The Morgan fingerprint density at radius 1 is 1.29 bits per heavy atom. The van der Waals surface area contributed by atoms with Gasteiger partial charge in [0, 0.05) is 9.13 Å². The van der Waals surface area contributed by atoms with E-state index in [1.807, 2.05) is 24.3 Å². The van der Waals surface area contributed by atoms with Gasteiger partial charge >= 0.3 is 0 Å². The van der Waals surface area contributed by atoms with Gasteiger partial charge in [-0.3, -0.25) is 11.2 Å². The van der Waals surface area contributed by atoms with Crippen LogP contribution >= 0.6 is 22.6 Å². The first-order chi connectivity index (χ1) is 6.60. The zero-order valence-electron chi connectivity index (χ0n) is 7.29. The summed E-state index contributed by atoms with van der Waals surface area (Å²) in [6.45, 7) is 0. The number of hydrogen-bond donors (Lipinski definition) is 4. The van der Waals surface area contributed by atoms with Gasteiger partial charge in [0.2, 0.25) is 11.7 Å². The van der Waals surface area contributed by atoms with E-state index in [2.05, 4.69) is 38.4 Å². The highest BCUT2D eigenvalue weighted by Crippen LogP contribution is 2.19. The first kappa shape index (κ1) is 9.69. The monoisotopic (exact) mass is 303 g/mol. The standard InChI is InChI=1S/C8H10IN5/c9-6-3-1-5(2-4-6)8(11)12-7(10)13-14-8/h1-4,14H,11H2,(H3,10,12,13). The fraction of sp³-hybridized carbons (Fsp3) is 0.125. The highest BCUT2D eigenvalue weighted by Gasteiger charge is 2.30. The van der Waals surface area contributed by atoms with Crippen LogP contribution in [0, 0.1) is 3.57 Å². The molecule has 6 heteroatoms. The number of rotatable bonds is 1. The Bertz CT molecular complexity index is 374. The number of aliphatic imine (C=N–C) groups is 1. The largest absolute Gasteiger partial charge is 0.369 e. The average molecular weight is 303 g/mol. The van der Waals surface area contributed by atoms with Gasteiger partial charge in [-0.25, -0.2) is 4.99 Å². The van der Waals surface area contributed by atoms with Crippen LogP contribution in [0.4, 0.5) is 0 Å². The maximum Gasteiger partial charge on any atom is 0.209 e. The Hall–Kier alpha value is -0.860. The minimum atomic E-state index is -0.950. The summed E-state index contributed by atoms with van der Waals surface area (Å²) in [5.41, 5.74) is 17.8. The minimum absolute atomic E-state index is 0.297. The van der Waals surface area contributed by atoms with Crippen molar-refractivity contribution in [2.24, 2.45) is 16.5 Å². The SMILES string of the molecule is NC1=NC(N)(c2ccc(I)cc2)NN1. The van der Waals surface area contributed by atoms with E-state index in [4.69, 9.17) is 11.5 Å². The molecule has 74 valence electrons. The first-order valence-electron chi connectivity index (χ1n) is 4.03. The summed E-state index contributed by atoms with van der Waals surface area (Å²) >= 11 is 2.23. The number of nitrogens with two attached hydrogens (primary N) is 2. The molecule has 14 heavy (non-hydrogen) atoms. The predicted molar refractivity (Wildman–Crippen MR) is 62.9 cm³/mol. The molecule has 1 heterocycles. The van der Waals surface area contributed by atoms with Crippen LogP contribution in [0.15, 0.2) is 29.3 Å². The van der Waals surface area contributed by atoms with E-state index in [9.17, 15) is 0 Å². The highest BCUT2D eigenvalue weighted by atomic mass is 127. The van der Waals surface area contributed by atoms with Crippen LogP contribution in [0.25, 0.3) is 0 Å². The lowest BCUT2D eigenvalue weighted by Crippen LogP contribution is -2.50. The van der Waals surface area contributed by atoms with Crippen molar-refractivity contribution < 1.29 is 0 Å². The van der Waals surface area contributed by atoms with Crippen molar-refractivity contribution in [2.45, 2.75) is 5.79 Å².